The number of aryl methyl sites for hydroxylation is 2. The number of hydrogen-bond donors (Lipinski definition) is 3. The van der Waals surface area contributed by atoms with Gasteiger partial charge in [-0.05, 0) is 78.4 Å². The number of hydrazone groups is 1. The second-order valence-electron chi connectivity index (χ2n) is 10.0. The number of fused-ring (bicyclic) bond motifs is 1. The Hall–Kier alpha value is -4.91. The van der Waals surface area contributed by atoms with Crippen molar-refractivity contribution in [1.29, 1.82) is 0 Å². The summed E-state index contributed by atoms with van der Waals surface area (Å²) in [5, 5.41) is 24.8. The highest BCUT2D eigenvalue weighted by Gasteiger charge is 2.36. The molecule has 7 nitrogen and oxygen atoms in total. The molecule has 0 unspecified atom stereocenters. The Kier molecular flexibility index (Phi) is 6.66. The van der Waals surface area contributed by atoms with Crippen LogP contribution in [0.5, 0.6) is 5.75 Å². The summed E-state index contributed by atoms with van der Waals surface area (Å²) < 4.78 is 0. The van der Waals surface area contributed by atoms with E-state index in [9.17, 15) is 19.8 Å². The standard InChI is InChI=1S/C32H29N3O4/c1-18(2)21-12-14-26-28(17-21)35(24-13-11-19(3)20(4)15-24)31(37)29(26)34-33-27-10-6-9-25(30(27)36)22-7-5-8-23(16-22)32(38)39/h5-18,33,36H,1-4H3,(H,38,39). The zero-order valence-corrected chi connectivity index (χ0v) is 22.2. The molecule has 0 saturated carbocycles. The van der Waals surface area contributed by atoms with Crippen molar-refractivity contribution in [2.75, 3.05) is 10.3 Å². The van der Waals surface area contributed by atoms with Crippen LogP contribution in [0.15, 0.2) is 84.0 Å². The molecule has 3 N–H and O–H groups in total. The second kappa shape index (κ2) is 10.1. The number of aromatic hydroxyl groups is 1. The number of nitrogens with zero attached hydrogens (tertiary/aromatic N) is 2. The van der Waals surface area contributed by atoms with Crippen LogP contribution in [-0.4, -0.2) is 27.8 Å². The number of carboxylic acids is 1. The van der Waals surface area contributed by atoms with Crippen molar-refractivity contribution in [2.45, 2.75) is 33.6 Å². The third kappa shape index (κ3) is 4.75. The minimum Gasteiger partial charge on any atom is -0.505 e. The molecule has 0 radical (unpaired) electrons. The summed E-state index contributed by atoms with van der Waals surface area (Å²) in [6.45, 7) is 8.27. The number of anilines is 3. The van der Waals surface area contributed by atoms with Crippen LogP contribution in [0, 0.1) is 13.8 Å². The molecule has 0 atom stereocenters. The molecule has 0 fully saturated rings. The number of aromatic carboxylic acids is 1. The summed E-state index contributed by atoms with van der Waals surface area (Å²) in [4.78, 5) is 26.9. The van der Waals surface area contributed by atoms with Crippen molar-refractivity contribution in [3.63, 3.8) is 0 Å². The number of nitrogens with one attached hydrogen (secondary N) is 1. The number of carboxylic acid groups (broad SMARTS) is 1. The number of para-hydroxylation sites is 1. The average Bonchev–Trinajstić information content (AvgIpc) is 3.20. The zero-order chi connectivity index (χ0) is 27.8. The first-order valence-corrected chi connectivity index (χ1v) is 12.7. The first kappa shape index (κ1) is 25.7. The van der Waals surface area contributed by atoms with Crippen molar-refractivity contribution >= 4 is 34.7 Å². The SMILES string of the molecule is Cc1ccc(N2C(=O)C(=NNc3cccc(-c4cccc(C(=O)O)c4)c3O)c3ccc(C(C)C)cc32)cc1C. The number of carbonyl (C=O) groups is 2. The van der Waals surface area contributed by atoms with Gasteiger partial charge in [0.1, 0.15) is 5.75 Å². The van der Waals surface area contributed by atoms with Crippen LogP contribution in [0.4, 0.5) is 17.1 Å². The monoisotopic (exact) mass is 519 g/mol. The van der Waals surface area contributed by atoms with Gasteiger partial charge in [-0.15, -0.1) is 0 Å². The van der Waals surface area contributed by atoms with Crippen LogP contribution in [0.3, 0.4) is 0 Å². The molecule has 0 aliphatic carbocycles. The summed E-state index contributed by atoms with van der Waals surface area (Å²) in [7, 11) is 0. The second-order valence-corrected chi connectivity index (χ2v) is 10.0. The molecule has 7 heteroatoms. The van der Waals surface area contributed by atoms with E-state index in [1.165, 1.54) is 12.1 Å². The van der Waals surface area contributed by atoms with E-state index in [4.69, 9.17) is 0 Å². The third-order valence-corrected chi connectivity index (χ3v) is 7.08. The lowest BCUT2D eigenvalue weighted by Gasteiger charge is -2.19. The molecule has 0 aromatic heterocycles. The predicted molar refractivity (Wildman–Crippen MR) is 154 cm³/mol. The molecule has 39 heavy (non-hydrogen) atoms. The van der Waals surface area contributed by atoms with Crippen LogP contribution in [0.1, 0.15) is 52.4 Å². The number of rotatable bonds is 6. The summed E-state index contributed by atoms with van der Waals surface area (Å²) in [6, 6.07) is 23.3. The van der Waals surface area contributed by atoms with Gasteiger partial charge in [-0.3, -0.25) is 15.1 Å². The largest absolute Gasteiger partial charge is 0.505 e. The van der Waals surface area contributed by atoms with E-state index in [1.807, 2.05) is 50.2 Å². The number of phenols is 1. The molecule has 0 bridgehead atoms. The van der Waals surface area contributed by atoms with Gasteiger partial charge in [-0.1, -0.05) is 56.3 Å². The van der Waals surface area contributed by atoms with E-state index in [0.29, 0.717) is 22.4 Å². The maximum Gasteiger partial charge on any atom is 0.335 e. The molecule has 1 amide bonds. The van der Waals surface area contributed by atoms with E-state index in [-0.39, 0.29) is 28.8 Å². The predicted octanol–water partition coefficient (Wildman–Crippen LogP) is 6.99. The summed E-state index contributed by atoms with van der Waals surface area (Å²) in [6.07, 6.45) is 0. The third-order valence-electron chi connectivity index (χ3n) is 7.08. The van der Waals surface area contributed by atoms with Gasteiger partial charge in [-0.2, -0.15) is 5.10 Å². The molecular formula is C32H29N3O4. The number of amides is 1. The Morgan fingerprint density at radius 3 is 2.38 bits per heavy atom. The van der Waals surface area contributed by atoms with E-state index in [1.54, 1.807) is 35.2 Å². The summed E-state index contributed by atoms with van der Waals surface area (Å²) in [5.41, 5.74) is 10.1. The number of benzene rings is 4. The van der Waals surface area contributed by atoms with Crippen molar-refractivity contribution < 1.29 is 19.8 Å². The highest BCUT2D eigenvalue weighted by molar-refractivity contribution is 6.55. The molecule has 196 valence electrons. The van der Waals surface area contributed by atoms with Gasteiger partial charge >= 0.3 is 5.97 Å². The normalized spacial score (nSPS) is 13.7. The fourth-order valence-electron chi connectivity index (χ4n) is 4.66. The molecule has 4 aromatic carbocycles. The Labute approximate surface area is 227 Å². The van der Waals surface area contributed by atoms with Crippen molar-refractivity contribution in [2.24, 2.45) is 5.10 Å². The van der Waals surface area contributed by atoms with Crippen LogP contribution in [-0.2, 0) is 4.79 Å². The van der Waals surface area contributed by atoms with Crippen LogP contribution < -0.4 is 10.3 Å². The lowest BCUT2D eigenvalue weighted by Crippen LogP contribution is -2.26. The number of hydrogen-bond acceptors (Lipinski definition) is 5. The van der Waals surface area contributed by atoms with Crippen LogP contribution >= 0.6 is 0 Å². The molecule has 1 aliphatic heterocycles. The molecule has 0 spiro atoms. The Balaban J connectivity index is 1.55. The molecule has 5 rings (SSSR count). The topological polar surface area (TPSA) is 102 Å². The minimum atomic E-state index is -1.05. The maximum atomic E-state index is 13.8. The Morgan fingerprint density at radius 2 is 1.67 bits per heavy atom. The number of phenolic OH excluding ortho intramolecular Hbond substituents is 1. The summed E-state index contributed by atoms with van der Waals surface area (Å²) in [5.74, 6) is -1.14. The lowest BCUT2D eigenvalue weighted by molar-refractivity contribution is -0.111. The van der Waals surface area contributed by atoms with Gasteiger partial charge in [0.15, 0.2) is 5.71 Å². The minimum absolute atomic E-state index is 0.101. The van der Waals surface area contributed by atoms with Gasteiger partial charge in [0.05, 0.1) is 16.9 Å². The van der Waals surface area contributed by atoms with Crippen LogP contribution in [0.25, 0.3) is 11.1 Å². The fraction of sp³-hybridized carbons (Fsp3) is 0.156. The maximum absolute atomic E-state index is 13.8. The lowest BCUT2D eigenvalue weighted by atomic mass is 10.00. The highest BCUT2D eigenvalue weighted by atomic mass is 16.4. The molecular weight excluding hydrogens is 490 g/mol. The highest BCUT2D eigenvalue weighted by Crippen LogP contribution is 2.39. The molecule has 1 heterocycles. The van der Waals surface area contributed by atoms with Gasteiger partial charge < -0.3 is 10.2 Å². The smallest absolute Gasteiger partial charge is 0.335 e. The Morgan fingerprint density at radius 1 is 0.897 bits per heavy atom. The first-order valence-electron chi connectivity index (χ1n) is 12.7. The van der Waals surface area contributed by atoms with E-state index >= 15 is 0 Å². The van der Waals surface area contributed by atoms with Gasteiger partial charge in [0.25, 0.3) is 5.91 Å². The Bertz CT molecular complexity index is 1660. The van der Waals surface area contributed by atoms with Gasteiger partial charge in [0.2, 0.25) is 0 Å². The van der Waals surface area contributed by atoms with Gasteiger partial charge in [-0.25, -0.2) is 4.79 Å². The van der Waals surface area contributed by atoms with Gasteiger partial charge in [0, 0.05) is 16.8 Å². The molecule has 1 aliphatic rings. The number of carbonyl (C=O) groups excluding carboxylic acids is 1. The van der Waals surface area contributed by atoms with Crippen LogP contribution in [0.2, 0.25) is 0 Å². The fourth-order valence-corrected chi connectivity index (χ4v) is 4.66. The molecule has 0 saturated heterocycles. The van der Waals surface area contributed by atoms with Crippen molar-refractivity contribution in [3.05, 3.63) is 107 Å². The van der Waals surface area contributed by atoms with E-state index in [2.05, 4.69) is 24.4 Å². The van der Waals surface area contributed by atoms with E-state index in [0.717, 1.165) is 28.1 Å². The van der Waals surface area contributed by atoms with Crippen molar-refractivity contribution in [1.82, 2.24) is 0 Å². The first-order chi connectivity index (χ1) is 18.7. The molecule has 4 aromatic rings. The summed E-state index contributed by atoms with van der Waals surface area (Å²) >= 11 is 0. The zero-order valence-electron chi connectivity index (χ0n) is 22.2. The average molecular weight is 520 g/mol. The quantitative estimate of drug-likeness (QED) is 0.188. The van der Waals surface area contributed by atoms with Crippen molar-refractivity contribution in [3.8, 4) is 16.9 Å². The van der Waals surface area contributed by atoms with E-state index < -0.39 is 5.97 Å².